The Morgan fingerprint density at radius 3 is 2.50 bits per heavy atom. The molecule has 0 saturated heterocycles. The lowest BCUT2D eigenvalue weighted by Gasteiger charge is -2.28. The van der Waals surface area contributed by atoms with Gasteiger partial charge in [0.05, 0.1) is 0 Å². The smallest absolute Gasteiger partial charge is 0.265 e. The molecular formula is C25H24ClN3O. The highest BCUT2D eigenvalue weighted by molar-refractivity contribution is 6.32. The average Bonchev–Trinajstić information content (AvgIpc) is 2.98. The minimum absolute atomic E-state index is 0.0181. The van der Waals surface area contributed by atoms with Gasteiger partial charge in [0.2, 0.25) is 0 Å². The van der Waals surface area contributed by atoms with Gasteiger partial charge in [-0.05, 0) is 36.5 Å². The van der Waals surface area contributed by atoms with Crippen molar-refractivity contribution in [2.45, 2.75) is 33.6 Å². The van der Waals surface area contributed by atoms with Crippen molar-refractivity contribution in [3.05, 3.63) is 88.1 Å². The van der Waals surface area contributed by atoms with E-state index in [-0.39, 0.29) is 11.3 Å². The molecule has 1 amide bonds. The molecular weight excluding hydrogens is 394 g/mol. The van der Waals surface area contributed by atoms with Gasteiger partial charge in [0.15, 0.2) is 5.84 Å². The highest BCUT2D eigenvalue weighted by Gasteiger charge is 2.33. The summed E-state index contributed by atoms with van der Waals surface area (Å²) < 4.78 is 0. The Labute approximate surface area is 182 Å². The second-order valence-electron chi connectivity index (χ2n) is 8.47. The molecule has 1 aliphatic carbocycles. The number of hydrogen-bond donors (Lipinski definition) is 0. The summed E-state index contributed by atoms with van der Waals surface area (Å²) in [4.78, 5) is 18.0. The van der Waals surface area contributed by atoms with Crippen LogP contribution in [0.15, 0.2) is 82.0 Å². The van der Waals surface area contributed by atoms with Crippen LogP contribution in [0.2, 0.25) is 5.02 Å². The number of amides is 1. The van der Waals surface area contributed by atoms with Crippen LogP contribution >= 0.6 is 11.6 Å². The van der Waals surface area contributed by atoms with Gasteiger partial charge in [-0.2, -0.15) is 10.1 Å². The molecule has 0 aromatic heterocycles. The van der Waals surface area contributed by atoms with Crippen molar-refractivity contribution < 1.29 is 4.79 Å². The second kappa shape index (κ2) is 8.04. The third-order valence-electron chi connectivity index (χ3n) is 5.09. The monoisotopic (exact) mass is 417 g/mol. The Hall–Kier alpha value is -2.98. The Bertz CT molecular complexity index is 1110. The predicted molar refractivity (Wildman–Crippen MR) is 123 cm³/mol. The van der Waals surface area contributed by atoms with Crippen molar-refractivity contribution in [2.24, 2.45) is 15.5 Å². The second-order valence-corrected chi connectivity index (χ2v) is 8.88. The van der Waals surface area contributed by atoms with Crippen LogP contribution in [0, 0.1) is 5.41 Å². The van der Waals surface area contributed by atoms with Gasteiger partial charge in [-0.25, -0.2) is 4.99 Å². The predicted octanol–water partition coefficient (Wildman–Crippen LogP) is 6.09. The van der Waals surface area contributed by atoms with Crippen LogP contribution in [-0.2, 0) is 4.79 Å². The lowest BCUT2D eigenvalue weighted by molar-refractivity contribution is -0.122. The van der Waals surface area contributed by atoms with Gasteiger partial charge < -0.3 is 0 Å². The maximum absolute atomic E-state index is 13.3. The van der Waals surface area contributed by atoms with Gasteiger partial charge in [-0.1, -0.05) is 85.6 Å². The van der Waals surface area contributed by atoms with Crippen LogP contribution in [-0.4, -0.2) is 22.5 Å². The standard InChI is InChI=1S/C25H24ClN3O/c1-17-13-20(16-25(2,3)15-17)28-29-23(18-9-5-4-6-10-18)27-22(24(29)30)14-19-11-7-8-12-21(19)26/h4-12,14-15H,13,16H2,1-3H3/b22-14+,28-20-. The fraction of sp³-hybridized carbons (Fsp3) is 0.240. The summed E-state index contributed by atoms with van der Waals surface area (Å²) >= 11 is 6.29. The molecule has 0 unspecified atom stereocenters. The van der Waals surface area contributed by atoms with Gasteiger partial charge in [0, 0.05) is 22.7 Å². The van der Waals surface area contributed by atoms with E-state index < -0.39 is 0 Å². The van der Waals surface area contributed by atoms with Gasteiger partial charge in [0.25, 0.3) is 5.91 Å². The van der Waals surface area contributed by atoms with Gasteiger partial charge in [0.1, 0.15) is 5.70 Å². The van der Waals surface area contributed by atoms with E-state index >= 15 is 0 Å². The molecule has 4 nitrogen and oxygen atoms in total. The molecule has 2 aliphatic rings. The summed E-state index contributed by atoms with van der Waals surface area (Å²) in [6.07, 6.45) is 5.58. The van der Waals surface area contributed by atoms with Crippen LogP contribution in [0.3, 0.4) is 0 Å². The van der Waals surface area contributed by atoms with E-state index in [0.717, 1.165) is 29.7 Å². The third-order valence-corrected chi connectivity index (χ3v) is 5.43. The van der Waals surface area contributed by atoms with Crippen LogP contribution < -0.4 is 0 Å². The molecule has 0 spiro atoms. The zero-order valence-corrected chi connectivity index (χ0v) is 18.1. The molecule has 4 rings (SSSR count). The molecule has 2 aromatic carbocycles. The first-order chi connectivity index (χ1) is 14.3. The van der Waals surface area contributed by atoms with Crippen LogP contribution in [0.25, 0.3) is 6.08 Å². The van der Waals surface area contributed by atoms with Crippen molar-refractivity contribution in [3.63, 3.8) is 0 Å². The molecule has 0 fully saturated rings. The fourth-order valence-electron chi connectivity index (χ4n) is 4.01. The van der Waals surface area contributed by atoms with Gasteiger partial charge >= 0.3 is 0 Å². The van der Waals surface area contributed by atoms with Crippen molar-refractivity contribution in [3.8, 4) is 0 Å². The average molecular weight is 418 g/mol. The molecule has 30 heavy (non-hydrogen) atoms. The number of carbonyl (C=O) groups excluding carboxylic acids is 1. The molecule has 152 valence electrons. The Kier molecular flexibility index (Phi) is 5.44. The number of rotatable bonds is 3. The van der Waals surface area contributed by atoms with Crippen LogP contribution in [0.1, 0.15) is 44.7 Å². The fourth-order valence-corrected chi connectivity index (χ4v) is 4.20. The molecule has 0 atom stereocenters. The first-order valence-corrected chi connectivity index (χ1v) is 10.4. The highest BCUT2D eigenvalue weighted by Crippen LogP contribution is 2.33. The van der Waals surface area contributed by atoms with E-state index in [1.54, 1.807) is 12.1 Å². The molecule has 0 N–H and O–H groups in total. The lowest BCUT2D eigenvalue weighted by atomic mass is 9.79. The Morgan fingerprint density at radius 1 is 1.10 bits per heavy atom. The quantitative estimate of drug-likeness (QED) is 0.440. The summed E-state index contributed by atoms with van der Waals surface area (Å²) in [6.45, 7) is 6.48. The Morgan fingerprint density at radius 2 is 1.80 bits per heavy atom. The number of hydrogen-bond acceptors (Lipinski definition) is 3. The summed E-state index contributed by atoms with van der Waals surface area (Å²) in [6, 6.07) is 17.1. The van der Waals surface area contributed by atoms with Crippen molar-refractivity contribution in [1.82, 2.24) is 5.01 Å². The van der Waals surface area contributed by atoms with E-state index in [4.69, 9.17) is 16.7 Å². The summed E-state index contributed by atoms with van der Waals surface area (Å²) in [7, 11) is 0. The number of aliphatic imine (C=N–C) groups is 1. The zero-order chi connectivity index (χ0) is 21.3. The van der Waals surface area contributed by atoms with E-state index in [9.17, 15) is 4.79 Å². The number of hydrazone groups is 1. The maximum atomic E-state index is 13.3. The number of amidine groups is 1. The minimum Gasteiger partial charge on any atom is -0.265 e. The number of benzene rings is 2. The topological polar surface area (TPSA) is 45.0 Å². The third kappa shape index (κ3) is 4.29. The van der Waals surface area contributed by atoms with Crippen molar-refractivity contribution >= 4 is 35.1 Å². The van der Waals surface area contributed by atoms with Gasteiger partial charge in [-0.3, -0.25) is 4.79 Å². The SMILES string of the molecule is CC1=CC(C)(C)C/C(=N\N2C(=O)/C(=C\c3ccccc3Cl)N=C2c2ccccc2)C1. The lowest BCUT2D eigenvalue weighted by Crippen LogP contribution is -2.31. The van der Waals surface area contributed by atoms with E-state index in [0.29, 0.717) is 16.6 Å². The van der Waals surface area contributed by atoms with Crippen LogP contribution in [0.4, 0.5) is 0 Å². The number of allylic oxidation sites excluding steroid dienone is 2. The zero-order valence-electron chi connectivity index (χ0n) is 17.4. The molecule has 2 aromatic rings. The number of nitrogens with zero attached hydrogens (tertiary/aromatic N) is 3. The van der Waals surface area contributed by atoms with Gasteiger partial charge in [-0.15, -0.1) is 0 Å². The van der Waals surface area contributed by atoms with E-state index in [2.05, 4.69) is 31.8 Å². The number of halogens is 1. The largest absolute Gasteiger partial charge is 0.298 e. The van der Waals surface area contributed by atoms with Crippen molar-refractivity contribution in [1.29, 1.82) is 0 Å². The summed E-state index contributed by atoms with van der Waals surface area (Å²) in [5.41, 5.74) is 4.20. The summed E-state index contributed by atoms with van der Waals surface area (Å²) in [5.74, 6) is 0.294. The number of carbonyl (C=O) groups is 1. The first kappa shape index (κ1) is 20.3. The minimum atomic E-state index is -0.244. The molecule has 0 saturated carbocycles. The van der Waals surface area contributed by atoms with E-state index in [1.165, 1.54) is 10.6 Å². The molecule has 1 aliphatic heterocycles. The first-order valence-electron chi connectivity index (χ1n) is 10.0. The van der Waals surface area contributed by atoms with Crippen molar-refractivity contribution in [2.75, 3.05) is 0 Å². The van der Waals surface area contributed by atoms with Crippen LogP contribution in [0.5, 0.6) is 0 Å². The molecule has 0 radical (unpaired) electrons. The highest BCUT2D eigenvalue weighted by atomic mass is 35.5. The molecule has 0 bridgehead atoms. The molecule has 1 heterocycles. The maximum Gasteiger partial charge on any atom is 0.298 e. The molecule has 5 heteroatoms. The Balaban J connectivity index is 1.77. The normalized spacial score (nSPS) is 21.2. The summed E-state index contributed by atoms with van der Waals surface area (Å²) in [5, 5.41) is 6.81. The van der Waals surface area contributed by atoms with E-state index in [1.807, 2.05) is 48.5 Å².